The van der Waals surface area contributed by atoms with Crippen LogP contribution in [0.4, 0.5) is 8.78 Å². The highest BCUT2D eigenvalue weighted by atomic mass is 32.2. The van der Waals surface area contributed by atoms with Crippen LogP contribution in [-0.4, -0.2) is 176 Å². The molecule has 5 heterocycles. The third-order valence-electron chi connectivity index (χ3n) is 17.4. The molecule has 526 valence electrons. The average Bonchev–Trinajstić information content (AvgIpc) is 1.70. The van der Waals surface area contributed by atoms with Crippen molar-refractivity contribution in [3.63, 3.8) is 0 Å². The molecule has 1 saturated heterocycles. The van der Waals surface area contributed by atoms with Gasteiger partial charge in [0.15, 0.2) is 0 Å². The monoisotopic (exact) mass is 1400 g/mol. The molecular weight excluding hydrogens is 1320 g/mol. The summed E-state index contributed by atoms with van der Waals surface area (Å²) in [6.45, 7) is 1.69. The Kier molecular flexibility index (Phi) is 26.0. The number of carbonyl (C=O) groups is 10. The van der Waals surface area contributed by atoms with Crippen molar-refractivity contribution in [2.24, 2.45) is 5.73 Å². The number of halogens is 2. The molecule has 0 unspecified atom stereocenters. The van der Waals surface area contributed by atoms with Crippen molar-refractivity contribution < 1.29 is 66.6 Å². The lowest BCUT2D eigenvalue weighted by Gasteiger charge is -2.36. The minimum Gasteiger partial charge on any atom is -0.497 e. The number of imidazole rings is 1. The van der Waals surface area contributed by atoms with Crippen molar-refractivity contribution in [2.45, 2.75) is 131 Å². The van der Waals surface area contributed by atoms with Gasteiger partial charge in [0.1, 0.15) is 59.2 Å². The summed E-state index contributed by atoms with van der Waals surface area (Å²) in [5.74, 6) is -7.56. The number of nitrogens with zero attached hydrogens (tertiary/aromatic N) is 2. The van der Waals surface area contributed by atoms with Gasteiger partial charge in [-0.3, -0.25) is 47.9 Å². The number of aliphatic carboxylic acids is 1. The van der Waals surface area contributed by atoms with Gasteiger partial charge in [-0.1, -0.05) is 36.4 Å². The van der Waals surface area contributed by atoms with E-state index in [0.717, 1.165) is 11.1 Å². The van der Waals surface area contributed by atoms with Crippen LogP contribution in [0.2, 0.25) is 0 Å². The number of rotatable bonds is 15. The first-order valence-corrected chi connectivity index (χ1v) is 34.9. The zero-order valence-electron chi connectivity index (χ0n) is 54.8. The van der Waals surface area contributed by atoms with Crippen LogP contribution in [0.1, 0.15) is 85.4 Å². The van der Waals surface area contributed by atoms with Crippen LogP contribution in [0.25, 0.3) is 21.8 Å². The summed E-state index contributed by atoms with van der Waals surface area (Å²) >= 11 is 3.12. The minimum absolute atomic E-state index is 0.0596. The second kappa shape index (κ2) is 35.1. The number of aromatic nitrogens is 4. The van der Waals surface area contributed by atoms with Gasteiger partial charge in [-0.05, 0) is 122 Å². The van der Waals surface area contributed by atoms with E-state index < -0.39 is 132 Å². The quantitative estimate of drug-likeness (QED) is 0.0652. The van der Waals surface area contributed by atoms with Crippen LogP contribution >= 0.6 is 23.5 Å². The Balaban J connectivity index is 1.05. The van der Waals surface area contributed by atoms with E-state index in [0.29, 0.717) is 88.5 Å². The second-order valence-corrected chi connectivity index (χ2v) is 26.8. The minimum atomic E-state index is -2.00. The number of aromatic amines is 3. The molecule has 4 aromatic carbocycles. The maximum atomic E-state index is 15.2. The molecule has 30 heteroatoms. The first kappa shape index (κ1) is 73.4. The van der Waals surface area contributed by atoms with Crippen LogP contribution < -0.4 is 53.0 Å². The number of unbranched alkanes of at least 4 members (excludes halogenated alkanes) is 1. The van der Waals surface area contributed by atoms with Gasteiger partial charge >= 0.3 is 5.97 Å². The molecule has 2 aliphatic rings. The van der Waals surface area contributed by atoms with Gasteiger partial charge in [0.25, 0.3) is 0 Å². The number of hydrogen-bond donors (Lipinski definition) is 13. The number of carbonyl (C=O) groups excluding carboxylic acids is 9. The van der Waals surface area contributed by atoms with E-state index in [-0.39, 0.29) is 61.8 Å². The van der Waals surface area contributed by atoms with E-state index in [2.05, 4.69) is 68.5 Å². The zero-order valence-corrected chi connectivity index (χ0v) is 56.4. The molecule has 9 amide bonds. The lowest BCUT2D eigenvalue weighted by molar-refractivity contribution is -0.146. The largest absolute Gasteiger partial charge is 0.497 e. The van der Waals surface area contributed by atoms with Crippen molar-refractivity contribution >= 4 is 104 Å². The number of thioether (sulfide) groups is 2. The molecule has 1 fully saturated rings. The number of nitrogens with two attached hydrogens (primary N) is 1. The number of hydrogen-bond acceptors (Lipinski definition) is 15. The third kappa shape index (κ3) is 20.4. The first-order valence-electron chi connectivity index (χ1n) is 32.6. The molecule has 26 nitrogen and oxygen atoms in total. The highest BCUT2D eigenvalue weighted by Gasteiger charge is 2.48. The van der Waals surface area contributed by atoms with Gasteiger partial charge in [0.05, 0.1) is 32.1 Å². The Morgan fingerprint density at radius 3 is 1.85 bits per heavy atom. The van der Waals surface area contributed by atoms with E-state index >= 15 is 19.2 Å². The number of amides is 9. The Hall–Kier alpha value is -9.81. The molecule has 99 heavy (non-hydrogen) atoms. The van der Waals surface area contributed by atoms with Gasteiger partial charge in [0.2, 0.25) is 53.2 Å². The molecule has 14 N–H and O–H groups in total. The van der Waals surface area contributed by atoms with Crippen LogP contribution in [0.5, 0.6) is 5.75 Å². The summed E-state index contributed by atoms with van der Waals surface area (Å²) in [5.41, 5.74) is 8.81. The SMILES string of the molecule is COc1ccc(C[C@@H]2NC(=O)[C@H](Cc3c[nH]cn3)NC(=O)[C@H](CC(=O)O)NC(=O)[C@H](Cc3c[nH]c4ccc(F)cc34)NC(=O)[C@H](Cc3c[nH]c4ccc(F)cc34)NC(=O)CNC(=O)[C@H](CCCCN)NC(=O)CCSCc3cccc(c3)CSCCNC(=O)[C@]3(C)CCCN3C2=O)cc1. The second-order valence-electron chi connectivity index (χ2n) is 24.6. The Labute approximate surface area is 577 Å². The van der Waals surface area contributed by atoms with Gasteiger partial charge in [0, 0.05) is 109 Å². The average molecular weight is 1400 g/mol. The normalized spacial score (nSPS) is 22.2. The predicted molar refractivity (Wildman–Crippen MR) is 368 cm³/mol. The van der Waals surface area contributed by atoms with Crippen LogP contribution in [0.15, 0.2) is 110 Å². The number of ether oxygens (including phenoxy) is 1. The smallest absolute Gasteiger partial charge is 0.305 e. The number of fused-ring (bicyclic) bond motifs is 5. The summed E-state index contributed by atoms with van der Waals surface area (Å²) < 4.78 is 35.2. The van der Waals surface area contributed by atoms with E-state index in [1.54, 1.807) is 43.0 Å². The topological polar surface area (TPSA) is 386 Å². The molecule has 3 aromatic heterocycles. The van der Waals surface area contributed by atoms with Gasteiger partial charge in [-0.25, -0.2) is 13.8 Å². The summed E-state index contributed by atoms with van der Waals surface area (Å²) in [6.07, 6.45) is 5.34. The Bertz CT molecular complexity index is 4020. The van der Waals surface area contributed by atoms with Gasteiger partial charge in [-0.15, -0.1) is 0 Å². The number of benzene rings is 4. The number of methoxy groups -OCH3 is 1. The maximum absolute atomic E-state index is 15.2. The first-order chi connectivity index (χ1) is 47.7. The highest BCUT2D eigenvalue weighted by Crippen LogP contribution is 2.31. The molecular formula is C69H82F2N14O12S2. The van der Waals surface area contributed by atoms with E-state index in [9.17, 15) is 42.7 Å². The maximum Gasteiger partial charge on any atom is 0.305 e. The standard InChI is InChI=1S/C69H82F2N14O12S2/c1-69-19-6-22-85(69)67(95)58(26-40-10-14-48(97-2)15-11-40)84-65(93)56(31-47-35-73-39-78-47)82-66(94)57(32-61(88)89)83-64(92)55(28-44-34-76-52-17-13-46(71)30-50(44)52)81-63(91)54(27-43-33-75-51-16-12-45(70)29-49(43)51)80-60(87)36-77-62(90)53(9-3-4-20-72)79-59(86)18-23-98-37-41-7-5-8-42(25-41)38-99-24-21-74-68(69)96/h5,7-8,10-17,25,29-30,33-35,39,53-58,75-76H,3-4,6,9,18-24,26-28,31-32,36-38,72H2,1-2H3,(H,73,78)(H,74,96)(H,77,90)(H,79,86)(H,80,87)(H,81,91)(H,82,94)(H,83,92)(H,84,93)(H,88,89)/t53-,54-,55-,56-,57-,58-,69-/m0/s1. The van der Waals surface area contributed by atoms with Gasteiger partial charge < -0.3 is 78.0 Å². The lowest BCUT2D eigenvalue weighted by atomic mass is 9.95. The molecule has 0 saturated carbocycles. The lowest BCUT2D eigenvalue weighted by Crippen LogP contribution is -2.62. The van der Waals surface area contributed by atoms with Crippen LogP contribution in [0, 0.1) is 11.6 Å². The number of carboxylic acid groups (broad SMARTS) is 1. The summed E-state index contributed by atoms with van der Waals surface area (Å²) in [6, 6.07) is 13.0. The Morgan fingerprint density at radius 2 is 1.24 bits per heavy atom. The van der Waals surface area contributed by atoms with Crippen molar-refractivity contribution in [1.82, 2.24) is 67.4 Å². The molecule has 2 bridgehead atoms. The fraction of sp³-hybridized carbons (Fsp3) is 0.406. The Morgan fingerprint density at radius 1 is 0.657 bits per heavy atom. The van der Waals surface area contributed by atoms with Crippen molar-refractivity contribution in [2.75, 3.05) is 44.8 Å². The highest BCUT2D eigenvalue weighted by molar-refractivity contribution is 7.98. The fourth-order valence-corrected chi connectivity index (χ4v) is 13.8. The number of nitrogens with one attached hydrogen (secondary N) is 11. The summed E-state index contributed by atoms with van der Waals surface area (Å²) in [4.78, 5) is 158. The number of H-pyrrole nitrogens is 3. The van der Waals surface area contributed by atoms with E-state index in [1.165, 1.54) is 85.1 Å². The molecule has 0 spiro atoms. The molecule has 2 aliphatic heterocycles. The third-order valence-corrected chi connectivity index (χ3v) is 19.4. The zero-order chi connectivity index (χ0) is 70.6. The molecule has 0 aliphatic carbocycles. The molecule has 7 aromatic rings. The summed E-state index contributed by atoms with van der Waals surface area (Å²) in [5, 5.41) is 32.5. The van der Waals surface area contributed by atoms with E-state index in [4.69, 9.17) is 10.5 Å². The van der Waals surface area contributed by atoms with Crippen molar-refractivity contribution in [1.29, 1.82) is 0 Å². The van der Waals surface area contributed by atoms with E-state index in [1.807, 2.05) is 18.2 Å². The molecule has 7 atom stereocenters. The fourth-order valence-electron chi connectivity index (χ4n) is 12.1. The van der Waals surface area contributed by atoms with Crippen molar-refractivity contribution in [3.05, 3.63) is 155 Å². The van der Waals surface area contributed by atoms with Crippen LogP contribution in [0.3, 0.4) is 0 Å². The molecule has 9 rings (SSSR count). The van der Waals surface area contributed by atoms with Crippen LogP contribution in [-0.2, 0) is 85.1 Å². The number of carboxylic acids is 1. The summed E-state index contributed by atoms with van der Waals surface area (Å²) in [7, 11) is 1.49. The molecule has 0 radical (unpaired) electrons. The van der Waals surface area contributed by atoms with Gasteiger partial charge in [-0.2, -0.15) is 23.5 Å². The predicted octanol–water partition coefficient (Wildman–Crippen LogP) is 3.63. The van der Waals surface area contributed by atoms with Crippen molar-refractivity contribution in [3.8, 4) is 5.75 Å².